The van der Waals surface area contributed by atoms with Gasteiger partial charge in [-0.3, -0.25) is 4.99 Å². The Hall–Kier alpha value is -0.810. The van der Waals surface area contributed by atoms with Crippen molar-refractivity contribution in [2.75, 3.05) is 26.2 Å². The van der Waals surface area contributed by atoms with Crippen LogP contribution in [0.5, 0.6) is 0 Å². The third-order valence-electron chi connectivity index (χ3n) is 4.20. The van der Waals surface area contributed by atoms with Crippen LogP contribution in [0.4, 0.5) is 0 Å². The van der Waals surface area contributed by atoms with Crippen LogP contribution in [-0.2, 0) is 4.74 Å². The van der Waals surface area contributed by atoms with E-state index >= 15 is 0 Å². The summed E-state index contributed by atoms with van der Waals surface area (Å²) < 4.78 is 5.48. The van der Waals surface area contributed by atoms with Crippen LogP contribution in [0.2, 0.25) is 0 Å². The first-order valence-corrected chi connectivity index (χ1v) is 7.51. The van der Waals surface area contributed by atoms with Gasteiger partial charge in [0.25, 0.3) is 0 Å². The lowest BCUT2D eigenvalue weighted by Gasteiger charge is -2.32. The van der Waals surface area contributed by atoms with E-state index in [4.69, 9.17) is 10.5 Å². The van der Waals surface area contributed by atoms with Gasteiger partial charge in [-0.1, -0.05) is 19.3 Å². The van der Waals surface area contributed by atoms with Crippen molar-refractivity contribution in [3.8, 4) is 0 Å². The Morgan fingerprint density at radius 1 is 1.42 bits per heavy atom. The average Bonchev–Trinajstić information content (AvgIpc) is 2.45. The number of nitrogens with zero attached hydrogens (tertiary/aromatic N) is 2. The van der Waals surface area contributed by atoms with Gasteiger partial charge in [-0.15, -0.1) is 0 Å². The number of aliphatic hydroxyl groups is 1. The summed E-state index contributed by atoms with van der Waals surface area (Å²) in [7, 11) is 0. The molecule has 1 saturated carbocycles. The molecule has 0 bridgehead atoms. The first kappa shape index (κ1) is 14.6. The number of aliphatic imine (C=N–C) groups is 1. The average molecular weight is 269 g/mol. The van der Waals surface area contributed by atoms with Gasteiger partial charge in [-0.05, 0) is 25.7 Å². The van der Waals surface area contributed by atoms with Crippen molar-refractivity contribution < 1.29 is 9.84 Å². The highest BCUT2D eigenvalue weighted by molar-refractivity contribution is 5.78. The van der Waals surface area contributed by atoms with Gasteiger partial charge in [0.2, 0.25) is 0 Å². The van der Waals surface area contributed by atoms with Crippen molar-refractivity contribution in [3.63, 3.8) is 0 Å². The van der Waals surface area contributed by atoms with Gasteiger partial charge in [0.1, 0.15) is 0 Å². The maximum absolute atomic E-state index is 10.2. The van der Waals surface area contributed by atoms with Crippen LogP contribution in [0.15, 0.2) is 4.99 Å². The minimum absolute atomic E-state index is 0.200. The number of ether oxygens (including phenoxy) is 1. The minimum atomic E-state index is -0.336. The summed E-state index contributed by atoms with van der Waals surface area (Å²) in [6, 6.07) is 0. The molecule has 1 heterocycles. The molecule has 5 heteroatoms. The van der Waals surface area contributed by atoms with Gasteiger partial charge in [-0.2, -0.15) is 0 Å². The second-order valence-corrected chi connectivity index (χ2v) is 5.79. The van der Waals surface area contributed by atoms with Crippen molar-refractivity contribution in [2.45, 2.75) is 51.2 Å². The lowest BCUT2D eigenvalue weighted by atomic mass is 9.85. The van der Waals surface area contributed by atoms with Crippen LogP contribution >= 0.6 is 0 Å². The first-order valence-electron chi connectivity index (χ1n) is 7.51. The van der Waals surface area contributed by atoms with Crippen molar-refractivity contribution in [2.24, 2.45) is 16.6 Å². The molecule has 3 N–H and O–H groups in total. The highest BCUT2D eigenvalue weighted by Crippen LogP contribution is 2.26. The SMILES string of the molecule is CC1CN(C(N)=NCC(O)C2CCCCC2)CCO1. The van der Waals surface area contributed by atoms with Crippen LogP contribution in [0, 0.1) is 5.92 Å². The molecular formula is C14H27N3O2. The molecule has 1 saturated heterocycles. The fourth-order valence-electron chi connectivity index (χ4n) is 2.98. The van der Waals surface area contributed by atoms with Crippen LogP contribution in [0.25, 0.3) is 0 Å². The van der Waals surface area contributed by atoms with Crippen molar-refractivity contribution in [1.29, 1.82) is 0 Å². The molecule has 2 atom stereocenters. The molecule has 1 aliphatic heterocycles. The zero-order chi connectivity index (χ0) is 13.7. The van der Waals surface area contributed by atoms with Gasteiger partial charge >= 0.3 is 0 Å². The molecule has 19 heavy (non-hydrogen) atoms. The van der Waals surface area contributed by atoms with E-state index in [1.54, 1.807) is 0 Å². The Morgan fingerprint density at radius 3 is 2.84 bits per heavy atom. The van der Waals surface area contributed by atoms with E-state index in [9.17, 15) is 5.11 Å². The first-order chi connectivity index (χ1) is 9.16. The Bertz CT molecular complexity index is 303. The molecule has 0 amide bonds. The molecular weight excluding hydrogens is 242 g/mol. The fraction of sp³-hybridized carbons (Fsp3) is 0.929. The maximum atomic E-state index is 10.2. The highest BCUT2D eigenvalue weighted by Gasteiger charge is 2.22. The van der Waals surface area contributed by atoms with E-state index in [-0.39, 0.29) is 12.2 Å². The monoisotopic (exact) mass is 269 g/mol. The Morgan fingerprint density at radius 2 is 2.16 bits per heavy atom. The largest absolute Gasteiger partial charge is 0.391 e. The summed E-state index contributed by atoms with van der Waals surface area (Å²) in [5.74, 6) is 0.957. The predicted molar refractivity (Wildman–Crippen MR) is 76.1 cm³/mol. The normalized spacial score (nSPS) is 28.4. The van der Waals surface area contributed by atoms with Gasteiger partial charge in [0.15, 0.2) is 5.96 Å². The molecule has 2 rings (SSSR count). The second kappa shape index (κ2) is 7.10. The molecule has 2 unspecified atom stereocenters. The van der Waals surface area contributed by atoms with Crippen LogP contribution in [-0.4, -0.2) is 54.4 Å². The molecule has 0 radical (unpaired) electrons. The van der Waals surface area contributed by atoms with Crippen molar-refractivity contribution in [1.82, 2.24) is 4.90 Å². The molecule has 110 valence electrons. The van der Waals surface area contributed by atoms with Gasteiger partial charge in [0, 0.05) is 13.1 Å². The topological polar surface area (TPSA) is 71.1 Å². The minimum Gasteiger partial charge on any atom is -0.391 e. The van der Waals surface area contributed by atoms with E-state index in [0.29, 0.717) is 25.0 Å². The van der Waals surface area contributed by atoms with Crippen molar-refractivity contribution in [3.05, 3.63) is 0 Å². The summed E-state index contributed by atoms with van der Waals surface area (Å²) in [6.07, 6.45) is 5.91. The molecule has 5 nitrogen and oxygen atoms in total. The van der Waals surface area contributed by atoms with E-state index < -0.39 is 0 Å². The Balaban J connectivity index is 1.79. The maximum Gasteiger partial charge on any atom is 0.191 e. The number of guanidine groups is 1. The number of hydrogen-bond acceptors (Lipinski definition) is 3. The number of morpholine rings is 1. The third-order valence-corrected chi connectivity index (χ3v) is 4.20. The smallest absolute Gasteiger partial charge is 0.191 e. The summed E-state index contributed by atoms with van der Waals surface area (Å²) in [4.78, 5) is 6.42. The van der Waals surface area contributed by atoms with E-state index in [0.717, 1.165) is 25.9 Å². The van der Waals surface area contributed by atoms with E-state index in [1.165, 1.54) is 19.3 Å². The Labute approximate surface area is 115 Å². The van der Waals surface area contributed by atoms with Gasteiger partial charge in [-0.25, -0.2) is 0 Å². The lowest BCUT2D eigenvalue weighted by Crippen LogP contribution is -2.48. The summed E-state index contributed by atoms with van der Waals surface area (Å²) in [5, 5.41) is 10.2. The standard InChI is InChI=1S/C14H27N3O2/c1-11-10-17(7-8-19-11)14(15)16-9-13(18)12-5-3-2-4-6-12/h11-13,18H,2-10H2,1H3,(H2,15,16). The summed E-state index contributed by atoms with van der Waals surface area (Å²) in [5.41, 5.74) is 6.00. The van der Waals surface area contributed by atoms with Gasteiger partial charge in [0.05, 0.1) is 25.4 Å². The second-order valence-electron chi connectivity index (χ2n) is 5.79. The van der Waals surface area contributed by atoms with Crippen LogP contribution in [0.1, 0.15) is 39.0 Å². The molecule has 0 aromatic rings. The summed E-state index contributed by atoms with van der Waals surface area (Å²) >= 11 is 0. The van der Waals surface area contributed by atoms with Crippen LogP contribution < -0.4 is 5.73 Å². The number of hydrogen-bond donors (Lipinski definition) is 2. The number of rotatable bonds is 3. The third kappa shape index (κ3) is 4.35. The van der Waals surface area contributed by atoms with E-state index in [1.807, 2.05) is 11.8 Å². The predicted octanol–water partition coefficient (Wildman–Crippen LogP) is 0.963. The summed E-state index contributed by atoms with van der Waals surface area (Å²) in [6.45, 7) is 4.75. The highest BCUT2D eigenvalue weighted by atomic mass is 16.5. The molecule has 0 aromatic carbocycles. The van der Waals surface area contributed by atoms with Gasteiger partial charge < -0.3 is 20.5 Å². The molecule has 2 aliphatic rings. The quantitative estimate of drug-likeness (QED) is 0.591. The number of aliphatic hydroxyl groups excluding tert-OH is 1. The van der Waals surface area contributed by atoms with Crippen molar-refractivity contribution >= 4 is 5.96 Å². The Kier molecular flexibility index (Phi) is 5.45. The molecule has 0 spiro atoms. The molecule has 1 aliphatic carbocycles. The molecule has 0 aromatic heterocycles. The molecule has 2 fully saturated rings. The zero-order valence-corrected chi connectivity index (χ0v) is 11.9. The zero-order valence-electron chi connectivity index (χ0n) is 11.9. The fourth-order valence-corrected chi connectivity index (χ4v) is 2.98. The lowest BCUT2D eigenvalue weighted by molar-refractivity contribution is 0.00513. The number of nitrogens with two attached hydrogens (primary N) is 1. The van der Waals surface area contributed by atoms with E-state index in [2.05, 4.69) is 4.99 Å². The van der Waals surface area contributed by atoms with Crippen LogP contribution in [0.3, 0.4) is 0 Å².